The summed E-state index contributed by atoms with van der Waals surface area (Å²) in [6, 6.07) is 59.4. The van der Waals surface area contributed by atoms with Gasteiger partial charge in [-0.3, -0.25) is 0 Å². The molecule has 4 atom stereocenters. The molecule has 4 aliphatic heterocycles. The van der Waals surface area contributed by atoms with Gasteiger partial charge in [0.15, 0.2) is 0 Å². The lowest BCUT2D eigenvalue weighted by atomic mass is 9.41. The molecule has 208 valence electrons. The normalized spacial score (nSPS) is 22.3. The van der Waals surface area contributed by atoms with Crippen molar-refractivity contribution in [1.82, 2.24) is 4.81 Å². The zero-order valence-electron chi connectivity index (χ0n) is 24.2. The second kappa shape index (κ2) is 9.22. The molecule has 44 heavy (non-hydrogen) atoms. The quantitative estimate of drug-likeness (QED) is 0.198. The fraction of sp³-hybridized carbons (Fsp3) is 0.100. The maximum Gasteiger partial charge on any atom is 0.293 e. The van der Waals surface area contributed by atoms with E-state index in [0.717, 1.165) is 0 Å². The minimum Gasteiger partial charge on any atom is -0.332 e. The van der Waals surface area contributed by atoms with E-state index in [4.69, 9.17) is 0 Å². The van der Waals surface area contributed by atoms with Crippen LogP contribution < -0.4 is 20.7 Å². The number of hydrogen-bond acceptors (Lipinski definition) is 3. The Kier molecular flexibility index (Phi) is 5.11. The molecular weight excluding hydrogens is 533 g/mol. The fourth-order valence-corrected chi connectivity index (χ4v) is 8.92. The Morgan fingerprint density at radius 3 is 1.16 bits per heavy atom. The van der Waals surface area contributed by atoms with Crippen molar-refractivity contribution in [2.24, 2.45) is 0 Å². The largest absolute Gasteiger partial charge is 0.332 e. The average molecular weight is 564 g/mol. The first kappa shape index (κ1) is 24.4. The van der Waals surface area contributed by atoms with Gasteiger partial charge in [-0.15, -0.1) is 0 Å². The maximum absolute atomic E-state index is 2.91. The van der Waals surface area contributed by atoms with Crippen LogP contribution >= 0.6 is 0 Å². The number of nitrogens with zero attached hydrogens (tertiary/aromatic N) is 3. The highest BCUT2D eigenvalue weighted by atomic mass is 15.3. The van der Waals surface area contributed by atoms with E-state index in [2.05, 4.69) is 172 Å². The molecule has 3 nitrogen and oxygen atoms in total. The molecule has 0 aromatic heterocycles. The lowest BCUT2D eigenvalue weighted by Crippen LogP contribution is -2.67. The third-order valence-electron chi connectivity index (χ3n) is 10.4. The first-order chi connectivity index (χ1) is 21.9. The van der Waals surface area contributed by atoms with Gasteiger partial charge in [0.2, 0.25) is 0 Å². The summed E-state index contributed by atoms with van der Waals surface area (Å²) in [4.78, 5) is 8.13. The molecule has 4 heterocycles. The topological polar surface area (TPSA) is 9.72 Å². The van der Waals surface area contributed by atoms with Crippen LogP contribution in [0.15, 0.2) is 158 Å². The zero-order valence-corrected chi connectivity index (χ0v) is 24.2. The van der Waals surface area contributed by atoms with Crippen LogP contribution in [-0.4, -0.2) is 11.7 Å². The Bertz CT molecular complexity index is 1900. The van der Waals surface area contributed by atoms with Crippen molar-refractivity contribution in [1.29, 1.82) is 0 Å². The molecule has 0 saturated heterocycles. The molecule has 0 fully saturated rings. The molecule has 4 unspecified atom stereocenters. The van der Waals surface area contributed by atoms with Crippen LogP contribution in [0.3, 0.4) is 0 Å². The van der Waals surface area contributed by atoms with Crippen molar-refractivity contribution >= 4 is 40.5 Å². The summed E-state index contributed by atoms with van der Waals surface area (Å²) >= 11 is 0. The van der Waals surface area contributed by atoms with E-state index in [9.17, 15) is 0 Å². The summed E-state index contributed by atoms with van der Waals surface area (Å²) in [6.45, 7) is 0.150. The second-order valence-corrected chi connectivity index (χ2v) is 12.4. The van der Waals surface area contributed by atoms with Crippen LogP contribution in [0.1, 0.15) is 46.4 Å². The molecule has 0 bridgehead atoms. The van der Waals surface area contributed by atoms with Gasteiger partial charge in [0, 0.05) is 22.7 Å². The van der Waals surface area contributed by atoms with Crippen LogP contribution in [0.5, 0.6) is 0 Å². The van der Waals surface area contributed by atoms with Crippen molar-refractivity contribution in [3.05, 3.63) is 180 Å². The molecule has 0 amide bonds. The Labute approximate surface area is 258 Å². The Hall–Kier alpha value is -5.06. The standard InChI is InChI=1S/C40H30BN3/c1-3-15-27(16-4-1)42-35-25-13-9-21-31(35)39-37(42)29-19-7-11-23-33(29)41-34-24-12-8-20-30(34)38-40(44(39)41)32-22-10-14-26-36(32)43(38)28-17-5-2-6-18-28/h1-26,37-40H. The minimum atomic E-state index is 0.150. The van der Waals surface area contributed by atoms with Gasteiger partial charge in [0.25, 0.3) is 6.85 Å². The summed E-state index contributed by atoms with van der Waals surface area (Å²) in [5.41, 5.74) is 13.6. The number of rotatable bonds is 2. The molecule has 10 rings (SSSR count). The minimum absolute atomic E-state index is 0.150. The third-order valence-corrected chi connectivity index (χ3v) is 10.4. The molecule has 0 spiro atoms. The predicted molar refractivity (Wildman–Crippen MR) is 181 cm³/mol. The highest BCUT2D eigenvalue weighted by Crippen LogP contribution is 2.63. The first-order valence-corrected chi connectivity index (χ1v) is 15.7. The highest BCUT2D eigenvalue weighted by Gasteiger charge is 2.60. The van der Waals surface area contributed by atoms with E-state index in [1.807, 2.05) is 0 Å². The van der Waals surface area contributed by atoms with E-state index < -0.39 is 0 Å². The van der Waals surface area contributed by atoms with E-state index in [1.54, 1.807) is 0 Å². The molecular formula is C40H30BN3. The van der Waals surface area contributed by atoms with Gasteiger partial charge in [0.05, 0.1) is 24.2 Å². The molecule has 4 aliphatic rings. The average Bonchev–Trinajstić information content (AvgIpc) is 3.63. The third kappa shape index (κ3) is 3.16. The van der Waals surface area contributed by atoms with E-state index in [-0.39, 0.29) is 31.0 Å². The van der Waals surface area contributed by atoms with Crippen LogP contribution in [0, 0.1) is 0 Å². The number of fused-ring (bicyclic) bond motifs is 15. The van der Waals surface area contributed by atoms with Gasteiger partial charge in [-0.05, 0) is 58.7 Å². The second-order valence-electron chi connectivity index (χ2n) is 12.4. The van der Waals surface area contributed by atoms with E-state index in [1.165, 1.54) is 55.9 Å². The number of anilines is 4. The van der Waals surface area contributed by atoms with Crippen molar-refractivity contribution in [3.63, 3.8) is 0 Å². The molecule has 0 aliphatic carbocycles. The Balaban J connectivity index is 1.29. The summed E-state index contributed by atoms with van der Waals surface area (Å²) in [5.74, 6) is 0. The lowest BCUT2D eigenvalue weighted by molar-refractivity contribution is 0.207. The van der Waals surface area contributed by atoms with Crippen molar-refractivity contribution < 1.29 is 0 Å². The molecule has 0 saturated carbocycles. The smallest absolute Gasteiger partial charge is 0.293 e. The monoisotopic (exact) mass is 563 g/mol. The predicted octanol–water partition coefficient (Wildman–Crippen LogP) is 7.99. The Morgan fingerprint density at radius 1 is 0.341 bits per heavy atom. The summed E-state index contributed by atoms with van der Waals surface area (Å²) in [5, 5.41) is 0. The lowest BCUT2D eigenvalue weighted by Gasteiger charge is -2.53. The number of benzene rings is 6. The molecule has 4 heteroatoms. The number of para-hydroxylation sites is 4. The van der Waals surface area contributed by atoms with E-state index in [0.29, 0.717) is 0 Å². The fourth-order valence-electron chi connectivity index (χ4n) is 8.92. The van der Waals surface area contributed by atoms with Crippen molar-refractivity contribution in [2.75, 3.05) is 9.80 Å². The van der Waals surface area contributed by atoms with Crippen molar-refractivity contribution in [3.8, 4) is 0 Å². The van der Waals surface area contributed by atoms with Crippen LogP contribution in [0.2, 0.25) is 0 Å². The molecule has 6 aromatic carbocycles. The zero-order chi connectivity index (χ0) is 28.8. The van der Waals surface area contributed by atoms with Crippen LogP contribution in [-0.2, 0) is 0 Å². The summed E-state index contributed by atoms with van der Waals surface area (Å²) < 4.78 is 0. The highest BCUT2D eigenvalue weighted by molar-refractivity contribution is 6.84. The molecule has 6 aromatic rings. The summed E-state index contributed by atoms with van der Waals surface area (Å²) in [7, 11) is 0. The Morgan fingerprint density at radius 2 is 0.705 bits per heavy atom. The SMILES string of the molecule is c1ccc(N2c3ccccc3C3C2c2ccccc2B2c4ccccc4C4C(c5ccccc5N4c4ccccc4)N23)cc1. The molecule has 0 N–H and O–H groups in total. The van der Waals surface area contributed by atoms with Gasteiger partial charge >= 0.3 is 0 Å². The van der Waals surface area contributed by atoms with Crippen LogP contribution in [0.25, 0.3) is 0 Å². The van der Waals surface area contributed by atoms with Gasteiger partial charge in [-0.1, -0.05) is 132 Å². The van der Waals surface area contributed by atoms with E-state index >= 15 is 0 Å². The van der Waals surface area contributed by atoms with Gasteiger partial charge < -0.3 is 14.6 Å². The number of hydrogen-bond donors (Lipinski definition) is 0. The van der Waals surface area contributed by atoms with Gasteiger partial charge in [-0.25, -0.2) is 0 Å². The van der Waals surface area contributed by atoms with Crippen LogP contribution in [0.4, 0.5) is 22.7 Å². The summed E-state index contributed by atoms with van der Waals surface area (Å²) in [6.07, 6.45) is 0. The maximum atomic E-state index is 2.91. The van der Waals surface area contributed by atoms with Gasteiger partial charge in [0.1, 0.15) is 0 Å². The molecule has 0 radical (unpaired) electrons. The van der Waals surface area contributed by atoms with Gasteiger partial charge in [-0.2, -0.15) is 0 Å². The van der Waals surface area contributed by atoms with Crippen molar-refractivity contribution in [2.45, 2.75) is 24.2 Å². The first-order valence-electron chi connectivity index (χ1n) is 15.7.